The molecule has 1 N–H and O–H groups in total. The van der Waals surface area contributed by atoms with Crippen molar-refractivity contribution in [1.82, 2.24) is 5.32 Å². The Balaban J connectivity index is 3.62. The molecule has 0 heterocycles. The summed E-state index contributed by atoms with van der Waals surface area (Å²) in [6.07, 6.45) is 8.03. The van der Waals surface area contributed by atoms with Crippen molar-refractivity contribution in [3.8, 4) is 0 Å². The maximum absolute atomic E-state index is 11.4. The van der Waals surface area contributed by atoms with Crippen molar-refractivity contribution >= 4 is 5.91 Å². The number of quaternary nitrogens is 1. The van der Waals surface area contributed by atoms with Crippen molar-refractivity contribution in [3.63, 3.8) is 0 Å². The van der Waals surface area contributed by atoms with Crippen LogP contribution in [-0.2, 0) is 4.79 Å². The van der Waals surface area contributed by atoms with Gasteiger partial charge in [0.15, 0.2) is 0 Å². The Morgan fingerprint density at radius 1 is 1.05 bits per heavy atom. The number of amides is 1. The minimum Gasteiger partial charge on any atom is -0.347 e. The van der Waals surface area contributed by atoms with E-state index in [2.05, 4.69) is 32.9 Å². The molecule has 0 saturated carbocycles. The predicted molar refractivity (Wildman–Crippen MR) is 83.0 cm³/mol. The molecule has 0 aromatic heterocycles. The number of nitrogens with zero attached hydrogens (tertiary/aromatic N) is 1. The van der Waals surface area contributed by atoms with Crippen LogP contribution < -0.4 is 5.32 Å². The number of carbonyl (C=O) groups excluding carboxylic acids is 1. The second-order valence-electron chi connectivity index (χ2n) is 6.19. The van der Waals surface area contributed by atoms with Gasteiger partial charge in [-0.2, -0.15) is 0 Å². The third-order valence-corrected chi connectivity index (χ3v) is 3.51. The SMILES string of the molecule is C=C(C)C(=O)NCC[N+](C)(C)CCCCCCCC. The molecule has 0 spiro atoms. The Morgan fingerprint density at radius 2 is 1.63 bits per heavy atom. The van der Waals surface area contributed by atoms with Gasteiger partial charge < -0.3 is 9.80 Å². The van der Waals surface area contributed by atoms with Gasteiger partial charge in [0.05, 0.1) is 33.7 Å². The average molecular weight is 269 g/mol. The third-order valence-electron chi connectivity index (χ3n) is 3.51. The molecule has 3 nitrogen and oxygen atoms in total. The highest BCUT2D eigenvalue weighted by atomic mass is 16.1. The Kier molecular flexibility index (Phi) is 9.58. The number of unbranched alkanes of at least 4 members (excludes halogenated alkanes) is 5. The molecule has 0 aliphatic heterocycles. The zero-order valence-corrected chi connectivity index (χ0v) is 13.4. The number of hydrogen-bond acceptors (Lipinski definition) is 1. The summed E-state index contributed by atoms with van der Waals surface area (Å²) < 4.78 is 0.976. The lowest BCUT2D eigenvalue weighted by Crippen LogP contribution is -2.46. The number of nitrogens with one attached hydrogen (secondary N) is 1. The lowest BCUT2D eigenvalue weighted by Gasteiger charge is -2.30. The molecule has 19 heavy (non-hydrogen) atoms. The van der Waals surface area contributed by atoms with E-state index in [1.54, 1.807) is 6.92 Å². The van der Waals surface area contributed by atoms with Gasteiger partial charge in [-0.3, -0.25) is 4.79 Å². The number of rotatable bonds is 11. The van der Waals surface area contributed by atoms with Gasteiger partial charge >= 0.3 is 0 Å². The second-order valence-corrected chi connectivity index (χ2v) is 6.19. The first-order chi connectivity index (χ1) is 8.89. The van der Waals surface area contributed by atoms with Crippen LogP contribution in [0.25, 0.3) is 0 Å². The fraction of sp³-hybridized carbons (Fsp3) is 0.812. The summed E-state index contributed by atoms with van der Waals surface area (Å²) in [5.41, 5.74) is 0.584. The molecule has 112 valence electrons. The van der Waals surface area contributed by atoms with Gasteiger partial charge in [-0.1, -0.05) is 39.2 Å². The van der Waals surface area contributed by atoms with E-state index in [1.165, 1.54) is 45.1 Å². The van der Waals surface area contributed by atoms with Crippen molar-refractivity contribution in [2.45, 2.75) is 52.4 Å². The predicted octanol–water partition coefficient (Wildman–Crippen LogP) is 3.12. The van der Waals surface area contributed by atoms with Crippen molar-refractivity contribution in [3.05, 3.63) is 12.2 Å². The highest BCUT2D eigenvalue weighted by Gasteiger charge is 2.14. The van der Waals surface area contributed by atoms with Crippen LogP contribution in [0.1, 0.15) is 52.4 Å². The Bertz CT molecular complexity index is 272. The summed E-state index contributed by atoms with van der Waals surface area (Å²) in [4.78, 5) is 11.4. The molecule has 1 amide bonds. The van der Waals surface area contributed by atoms with Crippen LogP contribution in [0.15, 0.2) is 12.2 Å². The zero-order valence-electron chi connectivity index (χ0n) is 13.4. The number of likely N-dealkylation sites (N-methyl/N-ethyl adjacent to an activating group) is 1. The molecule has 0 aliphatic rings. The van der Waals surface area contributed by atoms with E-state index < -0.39 is 0 Å². The molecule has 0 bridgehead atoms. The number of hydrogen-bond donors (Lipinski definition) is 1. The Morgan fingerprint density at radius 3 is 2.21 bits per heavy atom. The maximum atomic E-state index is 11.4. The second kappa shape index (κ2) is 10.0. The van der Waals surface area contributed by atoms with E-state index >= 15 is 0 Å². The van der Waals surface area contributed by atoms with E-state index in [9.17, 15) is 4.79 Å². The molecular weight excluding hydrogens is 236 g/mol. The largest absolute Gasteiger partial charge is 0.347 e. The molecular formula is C16H33N2O+. The van der Waals surface area contributed by atoms with E-state index in [-0.39, 0.29) is 5.91 Å². The lowest BCUT2D eigenvalue weighted by molar-refractivity contribution is -0.889. The highest BCUT2D eigenvalue weighted by Crippen LogP contribution is 2.07. The fourth-order valence-corrected chi connectivity index (χ4v) is 2.05. The topological polar surface area (TPSA) is 29.1 Å². The van der Waals surface area contributed by atoms with Gasteiger partial charge in [-0.15, -0.1) is 0 Å². The monoisotopic (exact) mass is 269 g/mol. The molecule has 0 radical (unpaired) electrons. The summed E-state index contributed by atoms with van der Waals surface area (Å²) in [7, 11) is 4.47. The number of carbonyl (C=O) groups is 1. The van der Waals surface area contributed by atoms with Crippen molar-refractivity contribution in [2.24, 2.45) is 0 Å². The van der Waals surface area contributed by atoms with Gasteiger partial charge in [-0.25, -0.2) is 0 Å². The smallest absolute Gasteiger partial charge is 0.246 e. The van der Waals surface area contributed by atoms with Crippen LogP contribution in [0, 0.1) is 0 Å². The molecule has 0 fully saturated rings. The van der Waals surface area contributed by atoms with Gasteiger partial charge in [0.25, 0.3) is 0 Å². The average Bonchev–Trinajstić information content (AvgIpc) is 2.33. The maximum Gasteiger partial charge on any atom is 0.246 e. The molecule has 0 unspecified atom stereocenters. The first kappa shape index (κ1) is 18.2. The fourth-order valence-electron chi connectivity index (χ4n) is 2.05. The lowest BCUT2D eigenvalue weighted by atomic mass is 10.1. The van der Waals surface area contributed by atoms with Crippen LogP contribution >= 0.6 is 0 Å². The molecule has 0 aliphatic carbocycles. The summed E-state index contributed by atoms with van der Waals surface area (Å²) in [5.74, 6) is -0.0282. The summed E-state index contributed by atoms with van der Waals surface area (Å²) in [6, 6.07) is 0. The standard InChI is InChI=1S/C16H32N2O/c1-6-7-8-9-10-11-13-18(4,5)14-12-17-16(19)15(2)3/h2,6-14H2,1,3-5H3/p+1. The van der Waals surface area contributed by atoms with Gasteiger partial charge in [0.1, 0.15) is 0 Å². The minimum absolute atomic E-state index is 0.0282. The normalized spacial score (nSPS) is 11.4. The van der Waals surface area contributed by atoms with Crippen LogP contribution in [-0.4, -0.2) is 44.1 Å². The van der Waals surface area contributed by atoms with Crippen molar-refractivity contribution < 1.29 is 9.28 Å². The highest BCUT2D eigenvalue weighted by molar-refractivity contribution is 5.91. The first-order valence-electron chi connectivity index (χ1n) is 7.65. The third kappa shape index (κ3) is 10.8. The van der Waals surface area contributed by atoms with Crippen LogP contribution in [0.5, 0.6) is 0 Å². The van der Waals surface area contributed by atoms with Gasteiger partial charge in [0, 0.05) is 5.57 Å². The Labute approximate surface area is 119 Å². The van der Waals surface area contributed by atoms with E-state index in [0.717, 1.165) is 17.6 Å². The van der Waals surface area contributed by atoms with Crippen LogP contribution in [0.4, 0.5) is 0 Å². The quantitative estimate of drug-likeness (QED) is 0.348. The van der Waals surface area contributed by atoms with Gasteiger partial charge in [-0.05, 0) is 19.8 Å². The van der Waals surface area contributed by atoms with E-state index in [4.69, 9.17) is 0 Å². The minimum atomic E-state index is -0.0282. The molecule has 0 saturated heterocycles. The summed E-state index contributed by atoms with van der Waals surface area (Å²) in [5, 5.41) is 2.90. The van der Waals surface area contributed by atoms with Crippen LogP contribution in [0.3, 0.4) is 0 Å². The van der Waals surface area contributed by atoms with E-state index in [1.807, 2.05) is 0 Å². The first-order valence-corrected chi connectivity index (χ1v) is 7.65. The van der Waals surface area contributed by atoms with Gasteiger partial charge in [0.2, 0.25) is 5.91 Å². The van der Waals surface area contributed by atoms with Crippen molar-refractivity contribution in [1.29, 1.82) is 0 Å². The molecule has 0 rings (SSSR count). The van der Waals surface area contributed by atoms with Crippen molar-refractivity contribution in [2.75, 3.05) is 33.7 Å². The zero-order chi connectivity index (χ0) is 14.7. The molecule has 0 aromatic carbocycles. The molecule has 0 aromatic rings. The summed E-state index contributed by atoms with van der Waals surface area (Å²) >= 11 is 0. The van der Waals surface area contributed by atoms with Crippen LogP contribution in [0.2, 0.25) is 0 Å². The molecule has 3 heteroatoms. The molecule has 0 atom stereocenters. The Hall–Kier alpha value is -0.830. The summed E-state index contributed by atoms with van der Waals surface area (Å²) in [6.45, 7) is 10.5. The van der Waals surface area contributed by atoms with E-state index in [0.29, 0.717) is 5.57 Å².